The average Bonchev–Trinajstić information content (AvgIpc) is 2.67. The number of rotatable bonds is 4. The highest BCUT2D eigenvalue weighted by molar-refractivity contribution is 5.40. The number of para-hydroxylation sites is 1. The zero-order chi connectivity index (χ0) is 13.1. The van der Waals surface area contributed by atoms with E-state index in [0.717, 1.165) is 29.9 Å². The largest absolute Gasteiger partial charge is 0.504 e. The fourth-order valence-electron chi connectivity index (χ4n) is 2.12. The number of benzene rings is 1. The molecule has 0 bridgehead atoms. The molecule has 0 radical (unpaired) electrons. The highest BCUT2D eigenvalue weighted by Gasteiger charge is 2.17. The first-order chi connectivity index (χ1) is 8.63. The monoisotopic (exact) mass is 244 g/mol. The summed E-state index contributed by atoms with van der Waals surface area (Å²) in [4.78, 5) is 0. The number of aromatic nitrogens is 2. The third-order valence-electron chi connectivity index (χ3n) is 2.96. The van der Waals surface area contributed by atoms with Crippen LogP contribution in [0.25, 0.3) is 5.69 Å². The third-order valence-corrected chi connectivity index (χ3v) is 2.96. The van der Waals surface area contributed by atoms with Gasteiger partial charge in [0, 0.05) is 0 Å². The van der Waals surface area contributed by atoms with Crippen LogP contribution in [-0.4, -0.2) is 14.9 Å². The lowest BCUT2D eigenvalue weighted by Gasteiger charge is -2.04. The molecule has 0 fully saturated rings. The first-order valence-electron chi connectivity index (χ1n) is 6.48. The lowest BCUT2D eigenvalue weighted by atomic mass is 10.1. The average molecular weight is 244 g/mol. The molecule has 0 aliphatic heterocycles. The maximum atomic E-state index is 10.2. The van der Waals surface area contributed by atoms with Crippen molar-refractivity contribution in [2.45, 2.75) is 33.6 Å². The molecule has 0 saturated carbocycles. The zero-order valence-corrected chi connectivity index (χ0v) is 11.2. The molecule has 0 aliphatic carbocycles. The molecule has 3 heteroatoms. The fourth-order valence-corrected chi connectivity index (χ4v) is 2.12. The summed E-state index contributed by atoms with van der Waals surface area (Å²) in [6, 6.07) is 9.95. The Kier molecular flexibility index (Phi) is 3.70. The van der Waals surface area contributed by atoms with E-state index in [1.54, 1.807) is 0 Å². The van der Waals surface area contributed by atoms with Crippen molar-refractivity contribution in [1.29, 1.82) is 0 Å². The molecule has 1 aromatic carbocycles. The van der Waals surface area contributed by atoms with Crippen LogP contribution in [0.5, 0.6) is 5.75 Å². The van der Waals surface area contributed by atoms with Crippen molar-refractivity contribution in [3.8, 4) is 11.4 Å². The van der Waals surface area contributed by atoms with Gasteiger partial charge in [-0.2, -0.15) is 5.10 Å². The Balaban J connectivity index is 2.48. The van der Waals surface area contributed by atoms with Crippen LogP contribution >= 0.6 is 0 Å². The minimum atomic E-state index is 0.357. The van der Waals surface area contributed by atoms with Crippen LogP contribution in [0.2, 0.25) is 0 Å². The normalized spacial score (nSPS) is 11.1. The smallest absolute Gasteiger partial charge is 0.160 e. The van der Waals surface area contributed by atoms with Gasteiger partial charge in [0.25, 0.3) is 0 Å². The van der Waals surface area contributed by atoms with Crippen LogP contribution in [0.15, 0.2) is 30.3 Å². The van der Waals surface area contributed by atoms with Crippen LogP contribution in [0.3, 0.4) is 0 Å². The summed E-state index contributed by atoms with van der Waals surface area (Å²) in [5.41, 5.74) is 2.68. The van der Waals surface area contributed by atoms with Crippen molar-refractivity contribution >= 4 is 0 Å². The standard InChI is InChI=1S/C15H20N2O/c1-4-14-15(18)13(10-11(2)3)16-17(14)12-8-6-5-7-9-12/h5-9,11,18H,4,10H2,1-3H3. The van der Waals surface area contributed by atoms with Crippen LogP contribution in [0, 0.1) is 5.92 Å². The van der Waals surface area contributed by atoms with Crippen LogP contribution in [0.1, 0.15) is 32.2 Å². The highest BCUT2D eigenvalue weighted by atomic mass is 16.3. The van der Waals surface area contributed by atoms with E-state index in [2.05, 4.69) is 18.9 Å². The third kappa shape index (κ3) is 2.40. The molecule has 3 nitrogen and oxygen atoms in total. The van der Waals surface area contributed by atoms with E-state index in [1.807, 2.05) is 41.9 Å². The Bertz CT molecular complexity index is 515. The maximum Gasteiger partial charge on any atom is 0.160 e. The van der Waals surface area contributed by atoms with Crippen molar-refractivity contribution in [1.82, 2.24) is 9.78 Å². The molecule has 0 saturated heterocycles. The molecule has 0 atom stereocenters. The first kappa shape index (κ1) is 12.7. The van der Waals surface area contributed by atoms with Crippen molar-refractivity contribution in [2.24, 2.45) is 5.92 Å². The first-order valence-corrected chi connectivity index (χ1v) is 6.48. The van der Waals surface area contributed by atoms with Crippen molar-refractivity contribution < 1.29 is 5.11 Å². The van der Waals surface area contributed by atoms with Crippen molar-refractivity contribution in [3.05, 3.63) is 41.7 Å². The molecule has 1 aromatic heterocycles. The summed E-state index contributed by atoms with van der Waals surface area (Å²) in [6.07, 6.45) is 1.57. The second kappa shape index (κ2) is 5.25. The van der Waals surface area contributed by atoms with E-state index < -0.39 is 0 Å². The summed E-state index contributed by atoms with van der Waals surface area (Å²) >= 11 is 0. The summed E-state index contributed by atoms with van der Waals surface area (Å²) < 4.78 is 1.85. The van der Waals surface area contributed by atoms with Gasteiger partial charge >= 0.3 is 0 Å². The lowest BCUT2D eigenvalue weighted by molar-refractivity contribution is 0.456. The van der Waals surface area contributed by atoms with E-state index in [-0.39, 0.29) is 0 Å². The number of hydrogen-bond donors (Lipinski definition) is 1. The van der Waals surface area contributed by atoms with Gasteiger partial charge in [0.15, 0.2) is 5.75 Å². The van der Waals surface area contributed by atoms with Gasteiger partial charge < -0.3 is 5.11 Å². The minimum absolute atomic E-state index is 0.357. The van der Waals surface area contributed by atoms with Gasteiger partial charge in [0.2, 0.25) is 0 Å². The van der Waals surface area contributed by atoms with Gasteiger partial charge in [0.05, 0.1) is 11.4 Å². The Labute approximate surface area is 108 Å². The molecule has 2 aromatic rings. The summed E-state index contributed by atoms with van der Waals surface area (Å²) in [5.74, 6) is 0.842. The van der Waals surface area contributed by atoms with Gasteiger partial charge in [-0.25, -0.2) is 4.68 Å². The number of aromatic hydroxyl groups is 1. The minimum Gasteiger partial charge on any atom is -0.504 e. The van der Waals surface area contributed by atoms with E-state index in [9.17, 15) is 5.11 Å². The molecule has 2 rings (SSSR count). The Hall–Kier alpha value is -1.77. The van der Waals surface area contributed by atoms with Crippen LogP contribution < -0.4 is 0 Å². The van der Waals surface area contributed by atoms with E-state index in [1.165, 1.54) is 0 Å². The molecular formula is C15H20N2O. The van der Waals surface area contributed by atoms with E-state index >= 15 is 0 Å². The molecule has 96 valence electrons. The Morgan fingerprint density at radius 2 is 1.89 bits per heavy atom. The molecule has 1 heterocycles. The zero-order valence-electron chi connectivity index (χ0n) is 11.2. The second-order valence-electron chi connectivity index (χ2n) is 4.94. The molecule has 0 spiro atoms. The lowest BCUT2D eigenvalue weighted by Crippen LogP contribution is -2.02. The number of nitrogens with zero attached hydrogens (tertiary/aromatic N) is 2. The summed E-state index contributed by atoms with van der Waals surface area (Å²) in [5, 5.41) is 14.8. The van der Waals surface area contributed by atoms with Gasteiger partial charge in [-0.3, -0.25) is 0 Å². The van der Waals surface area contributed by atoms with Crippen LogP contribution in [0.4, 0.5) is 0 Å². The predicted octanol–water partition coefficient (Wildman–Crippen LogP) is 3.34. The summed E-state index contributed by atoms with van der Waals surface area (Å²) in [6.45, 7) is 6.30. The summed E-state index contributed by atoms with van der Waals surface area (Å²) in [7, 11) is 0. The Morgan fingerprint density at radius 3 is 2.44 bits per heavy atom. The fraction of sp³-hybridized carbons (Fsp3) is 0.400. The van der Waals surface area contributed by atoms with Gasteiger partial charge in [0.1, 0.15) is 5.69 Å². The van der Waals surface area contributed by atoms with Crippen molar-refractivity contribution in [2.75, 3.05) is 0 Å². The predicted molar refractivity (Wildman–Crippen MR) is 73.1 cm³/mol. The van der Waals surface area contributed by atoms with Gasteiger partial charge in [-0.1, -0.05) is 39.0 Å². The molecule has 0 aliphatic rings. The van der Waals surface area contributed by atoms with Gasteiger partial charge in [-0.05, 0) is 30.9 Å². The van der Waals surface area contributed by atoms with Crippen LogP contribution in [-0.2, 0) is 12.8 Å². The van der Waals surface area contributed by atoms with E-state index in [4.69, 9.17) is 0 Å². The second-order valence-corrected chi connectivity index (χ2v) is 4.94. The quantitative estimate of drug-likeness (QED) is 0.895. The van der Waals surface area contributed by atoms with E-state index in [0.29, 0.717) is 11.7 Å². The van der Waals surface area contributed by atoms with Gasteiger partial charge in [-0.15, -0.1) is 0 Å². The number of hydrogen-bond acceptors (Lipinski definition) is 2. The topological polar surface area (TPSA) is 38.1 Å². The molecule has 1 N–H and O–H groups in total. The van der Waals surface area contributed by atoms with Crippen molar-refractivity contribution in [3.63, 3.8) is 0 Å². The molecule has 0 amide bonds. The maximum absolute atomic E-state index is 10.2. The Morgan fingerprint density at radius 1 is 1.22 bits per heavy atom. The highest BCUT2D eigenvalue weighted by Crippen LogP contribution is 2.27. The molecule has 0 unspecified atom stereocenters. The molecule has 18 heavy (non-hydrogen) atoms. The SMILES string of the molecule is CCc1c(O)c(CC(C)C)nn1-c1ccccc1. The molecular weight excluding hydrogens is 224 g/mol.